The molecule has 5 rings (SSSR count). The van der Waals surface area contributed by atoms with Gasteiger partial charge in [-0.1, -0.05) is 113 Å². The summed E-state index contributed by atoms with van der Waals surface area (Å²) < 4.78 is 1.83. The number of nitrogens with one attached hydrogen (secondary N) is 2. The first-order chi connectivity index (χ1) is 24.3. The first-order valence-corrected chi connectivity index (χ1v) is 19.0. The first kappa shape index (κ1) is 54.6. The minimum atomic E-state index is -0.0163. The van der Waals surface area contributed by atoms with E-state index in [4.69, 9.17) is 5.73 Å². The number of rotatable bonds is 6. The third kappa shape index (κ3) is 23.2. The van der Waals surface area contributed by atoms with Crippen LogP contribution >= 0.6 is 47.8 Å². The molecule has 54 heavy (non-hydrogen) atoms. The molecule has 0 saturated carbocycles. The van der Waals surface area contributed by atoms with Crippen LogP contribution < -0.4 is 37.9 Å². The molecule has 2 heterocycles. The highest BCUT2D eigenvalue weighted by Gasteiger charge is 2.11. The van der Waals surface area contributed by atoms with E-state index in [1.165, 1.54) is 0 Å². The van der Waals surface area contributed by atoms with E-state index in [-0.39, 0.29) is 48.3 Å². The fourth-order valence-electron chi connectivity index (χ4n) is 4.22. The van der Waals surface area contributed by atoms with E-state index in [1.54, 1.807) is 12.4 Å². The van der Waals surface area contributed by atoms with Gasteiger partial charge in [0.05, 0.1) is 10.7 Å². The van der Waals surface area contributed by atoms with E-state index in [2.05, 4.69) is 63.4 Å². The van der Waals surface area contributed by atoms with E-state index in [0.29, 0.717) is 17.2 Å². The molecule has 2 aromatic heterocycles. The van der Waals surface area contributed by atoms with Gasteiger partial charge in [-0.25, -0.2) is 0 Å². The van der Waals surface area contributed by atoms with E-state index in [1.807, 2.05) is 149 Å². The number of aryl methyl sites for hydroxylation is 6. The summed E-state index contributed by atoms with van der Waals surface area (Å²) in [5, 5.41) is 6.54. The van der Waals surface area contributed by atoms with E-state index < -0.39 is 0 Å². The molecule has 0 aliphatic carbocycles. The molecule has 294 valence electrons. The molecule has 0 atom stereocenters. The van der Waals surface area contributed by atoms with Crippen LogP contribution in [0.3, 0.4) is 0 Å². The van der Waals surface area contributed by atoms with Crippen molar-refractivity contribution < 1.29 is 35.9 Å². The monoisotopic (exact) mass is 993 g/mol. The third-order valence-electron chi connectivity index (χ3n) is 6.93. The summed E-state index contributed by atoms with van der Waals surface area (Å²) in [6, 6.07) is 29.4. The molecule has 0 saturated heterocycles. The smallest absolute Gasteiger partial charge is 0.290 e. The minimum Gasteiger partial charge on any atom is -1.00 e. The van der Waals surface area contributed by atoms with Crippen LogP contribution in [0.4, 0.5) is 17.1 Å². The molecule has 5 aromatic rings. The Morgan fingerprint density at radius 1 is 0.593 bits per heavy atom. The zero-order valence-corrected chi connectivity index (χ0v) is 36.6. The predicted molar refractivity (Wildman–Crippen MR) is 235 cm³/mol. The Kier molecular flexibility index (Phi) is 32.0. The van der Waals surface area contributed by atoms with Crippen LogP contribution in [0.1, 0.15) is 48.2 Å². The lowest BCUT2D eigenvalue weighted by Gasteiger charge is -2.09. The van der Waals surface area contributed by atoms with Crippen molar-refractivity contribution in [2.45, 2.75) is 62.9 Å². The van der Waals surface area contributed by atoms with Crippen molar-refractivity contribution in [1.29, 1.82) is 0 Å². The van der Waals surface area contributed by atoms with Gasteiger partial charge >= 0.3 is 0 Å². The number of nitrogens with zero attached hydrogens (tertiary/aromatic N) is 2. The van der Waals surface area contributed by atoms with Crippen LogP contribution in [0.5, 0.6) is 0 Å². The maximum atomic E-state index is 12.0. The zero-order valence-electron chi connectivity index (χ0n) is 30.3. The number of aromatic nitrogens is 2. The maximum absolute atomic E-state index is 12.0. The van der Waals surface area contributed by atoms with Crippen LogP contribution in [-0.4, -0.2) is 32.2 Å². The number of anilines is 3. The molecule has 0 fully saturated rings. The molecular formula is C42H55Br4N5O3. The second kappa shape index (κ2) is 31.6. The van der Waals surface area contributed by atoms with Crippen LogP contribution in [0.2, 0.25) is 0 Å². The summed E-state index contributed by atoms with van der Waals surface area (Å²) in [6.45, 7) is 12.3. The number of hydrogen-bond acceptors (Lipinski definition) is 5. The summed E-state index contributed by atoms with van der Waals surface area (Å²) in [6.07, 6.45) is 7.26. The quantitative estimate of drug-likeness (QED) is 0.0710. The summed E-state index contributed by atoms with van der Waals surface area (Å²) in [4.78, 5) is 36.5. The lowest BCUT2D eigenvalue weighted by molar-refractivity contribution is -0.684. The van der Waals surface area contributed by atoms with Gasteiger partial charge in [-0.05, 0) is 103 Å². The van der Waals surface area contributed by atoms with Crippen molar-refractivity contribution in [3.05, 3.63) is 149 Å². The van der Waals surface area contributed by atoms with Crippen LogP contribution in [0.25, 0.3) is 0 Å². The summed E-state index contributed by atoms with van der Waals surface area (Å²) in [5.74, 6) is -0.0269. The largest absolute Gasteiger partial charge is 1.00 e. The number of carbonyl (C=O) groups is 3. The fraction of sp³-hybridized carbons (Fsp3) is 0.262. The number of pyridine rings is 2. The Morgan fingerprint density at radius 3 is 1.24 bits per heavy atom. The number of carbonyl (C=O) groups excluding carboxylic acids is 3. The van der Waals surface area contributed by atoms with E-state index in [0.717, 1.165) is 50.4 Å². The van der Waals surface area contributed by atoms with Gasteiger partial charge in [0.15, 0.2) is 12.4 Å². The molecule has 4 N–H and O–H groups in total. The number of nitrogens with two attached hydrogens (primary N) is 1. The summed E-state index contributed by atoms with van der Waals surface area (Å²) in [5.41, 5.74) is 15.1. The fourth-order valence-corrected chi connectivity index (χ4v) is 4.36. The lowest BCUT2D eigenvalue weighted by Crippen LogP contribution is -3.00. The summed E-state index contributed by atoms with van der Waals surface area (Å²) >= 11 is 8.71. The van der Waals surface area contributed by atoms with Gasteiger partial charge in [0, 0.05) is 41.6 Å². The van der Waals surface area contributed by atoms with Gasteiger partial charge in [-0.3, -0.25) is 19.4 Å². The normalized spacial score (nSPS) is 8.91. The molecule has 8 nitrogen and oxygen atoms in total. The van der Waals surface area contributed by atoms with E-state index >= 15 is 0 Å². The number of para-hydroxylation sites is 3. The van der Waals surface area contributed by atoms with Gasteiger partial charge < -0.3 is 33.3 Å². The Balaban J connectivity index is -0.000000638. The van der Waals surface area contributed by atoms with Crippen molar-refractivity contribution in [3.8, 4) is 0 Å². The molecule has 0 aliphatic heterocycles. The average molecular weight is 998 g/mol. The van der Waals surface area contributed by atoms with Gasteiger partial charge in [-0.15, -0.1) is 0 Å². The molecule has 0 aliphatic rings. The number of hydrogen-bond donors (Lipinski definition) is 3. The predicted octanol–water partition coefficient (Wildman–Crippen LogP) is 7.41. The van der Waals surface area contributed by atoms with Crippen LogP contribution in [-0.2, 0) is 20.9 Å². The van der Waals surface area contributed by atoms with Crippen LogP contribution in [0.15, 0.2) is 116 Å². The highest BCUT2D eigenvalue weighted by Crippen LogP contribution is 2.20. The highest BCUT2D eigenvalue weighted by atomic mass is 79.9. The standard InChI is InChI=1S/C15H16N2O.C10H12BrNO.C8H11N.C5H5N.C2H2Br2O.2CH4.BrH/c1-12-7-6-8-13(2)15(12)16-14(18)11-17-9-4-3-5-10-17;1-7-4-3-5-8(2)10(7)12-9(13)6-11;1-6-4-3-5-7(2)8(6)9;1-2-4-6-5-3-1;3-1-2(4)5;;;/h3-10H,11H2,1-2H3;3-5H,6H2,1-2H3,(H,12,13);3-5H,9H2,1-2H3;1-5H;1H2;2*1H4;1H. The molecule has 0 bridgehead atoms. The molecular weight excluding hydrogens is 942 g/mol. The number of alkyl halides is 2. The molecule has 0 unspecified atom stereocenters. The van der Waals surface area contributed by atoms with Crippen molar-refractivity contribution >= 4 is 81.4 Å². The highest BCUT2D eigenvalue weighted by molar-refractivity contribution is 9.19. The zero-order chi connectivity index (χ0) is 38.2. The van der Waals surface area contributed by atoms with Crippen LogP contribution in [0, 0.1) is 41.5 Å². The number of nitrogen functional groups attached to an aromatic ring is 1. The Morgan fingerprint density at radius 2 is 0.944 bits per heavy atom. The van der Waals surface area contributed by atoms with Gasteiger partial charge in [0.1, 0.15) is 0 Å². The SMILES string of the molecule is C.C.Cc1cccc(C)c1N.Cc1cccc(C)c1NC(=O)CBr.Cc1cccc(C)c1NC(=O)C[n+]1ccccc1.O=C(Br)CBr.[Br-].c1ccncc1. The average Bonchev–Trinajstić information content (AvgIpc) is 3.12. The van der Waals surface area contributed by atoms with Gasteiger partial charge in [0.25, 0.3) is 5.91 Å². The van der Waals surface area contributed by atoms with Gasteiger partial charge in [-0.2, -0.15) is 4.57 Å². The number of benzene rings is 3. The summed E-state index contributed by atoms with van der Waals surface area (Å²) in [7, 11) is 0. The van der Waals surface area contributed by atoms with E-state index in [9.17, 15) is 14.4 Å². The van der Waals surface area contributed by atoms with Crippen molar-refractivity contribution in [2.24, 2.45) is 0 Å². The number of halogens is 4. The Bertz CT molecular complexity index is 1710. The second-order valence-corrected chi connectivity index (χ2v) is 13.1. The lowest BCUT2D eigenvalue weighted by atomic mass is 10.1. The molecule has 2 amide bonds. The topological polar surface area (TPSA) is 118 Å². The molecule has 0 spiro atoms. The third-order valence-corrected chi connectivity index (χ3v) is 8.98. The maximum Gasteiger partial charge on any atom is 0.290 e. The first-order valence-electron chi connectivity index (χ1n) is 15.9. The second-order valence-electron chi connectivity index (χ2n) is 11.1. The van der Waals surface area contributed by atoms with Crippen molar-refractivity contribution in [1.82, 2.24) is 4.98 Å². The minimum absolute atomic E-state index is 0. The Labute approximate surface area is 358 Å². The van der Waals surface area contributed by atoms with Crippen molar-refractivity contribution in [3.63, 3.8) is 0 Å². The molecule has 12 heteroatoms. The molecule has 0 radical (unpaired) electrons. The van der Waals surface area contributed by atoms with Crippen molar-refractivity contribution in [2.75, 3.05) is 27.0 Å². The Hall–Kier alpha value is -3.71. The molecule has 3 aromatic carbocycles. The number of amides is 2. The van der Waals surface area contributed by atoms with Gasteiger partial charge in [0.2, 0.25) is 17.1 Å².